The van der Waals surface area contributed by atoms with Gasteiger partial charge in [-0.3, -0.25) is 4.79 Å². The van der Waals surface area contributed by atoms with Crippen LogP contribution < -0.4 is 15.5 Å². The van der Waals surface area contributed by atoms with Gasteiger partial charge in [-0.05, 0) is 64.2 Å². The molecule has 1 fully saturated rings. The molecule has 7 nitrogen and oxygen atoms in total. The molecule has 7 heteroatoms. The Hall–Kier alpha value is -2.67. The standard InChI is InChI=1S/C20H28N6O/c1-25(2)11-5-10-21-19(27)16-14-22-20(23-15-16)24-17-6-8-18(9-7-17)26-12-3-4-13-26/h6-9,14-15H,3-5,10-13H2,1-2H3,(H,21,27)(H,22,23,24). The van der Waals surface area contributed by atoms with Crippen LogP contribution in [0, 0.1) is 0 Å². The summed E-state index contributed by atoms with van der Waals surface area (Å²) in [7, 11) is 4.03. The maximum atomic E-state index is 12.1. The zero-order valence-electron chi connectivity index (χ0n) is 16.1. The predicted octanol–water partition coefficient (Wildman–Crippen LogP) is 2.50. The molecular weight excluding hydrogens is 340 g/mol. The van der Waals surface area contributed by atoms with E-state index in [0.29, 0.717) is 18.1 Å². The molecule has 0 radical (unpaired) electrons. The second kappa shape index (κ2) is 9.32. The quantitative estimate of drug-likeness (QED) is 0.698. The Bertz CT molecular complexity index is 723. The Morgan fingerprint density at radius 3 is 2.41 bits per heavy atom. The van der Waals surface area contributed by atoms with Crippen molar-refractivity contribution in [3.63, 3.8) is 0 Å². The maximum absolute atomic E-state index is 12.1. The zero-order chi connectivity index (χ0) is 19.1. The van der Waals surface area contributed by atoms with E-state index in [4.69, 9.17) is 0 Å². The molecule has 0 unspecified atom stereocenters. The third kappa shape index (κ3) is 5.65. The van der Waals surface area contributed by atoms with Gasteiger partial charge >= 0.3 is 0 Å². The smallest absolute Gasteiger partial charge is 0.254 e. The molecule has 144 valence electrons. The third-order valence-electron chi connectivity index (χ3n) is 4.58. The summed E-state index contributed by atoms with van der Waals surface area (Å²) in [5, 5.41) is 6.06. The monoisotopic (exact) mass is 368 g/mol. The molecule has 2 aromatic rings. The molecule has 1 aliphatic heterocycles. The summed E-state index contributed by atoms with van der Waals surface area (Å²) >= 11 is 0. The summed E-state index contributed by atoms with van der Waals surface area (Å²) in [6.07, 6.45) is 6.55. The number of carbonyl (C=O) groups is 1. The Balaban J connectivity index is 1.50. The van der Waals surface area contributed by atoms with Gasteiger partial charge in [-0.15, -0.1) is 0 Å². The summed E-state index contributed by atoms with van der Waals surface area (Å²) in [5.41, 5.74) is 2.65. The molecule has 0 bridgehead atoms. The van der Waals surface area contributed by atoms with Crippen LogP contribution in [0.5, 0.6) is 0 Å². The highest BCUT2D eigenvalue weighted by molar-refractivity contribution is 5.93. The number of amides is 1. The van der Waals surface area contributed by atoms with Crippen molar-refractivity contribution in [2.45, 2.75) is 19.3 Å². The lowest BCUT2D eigenvalue weighted by molar-refractivity contribution is 0.0951. The van der Waals surface area contributed by atoms with Gasteiger partial charge in [0.05, 0.1) is 5.56 Å². The largest absolute Gasteiger partial charge is 0.372 e. The van der Waals surface area contributed by atoms with E-state index < -0.39 is 0 Å². The van der Waals surface area contributed by atoms with Crippen molar-refractivity contribution in [1.29, 1.82) is 0 Å². The SMILES string of the molecule is CN(C)CCCNC(=O)c1cnc(Nc2ccc(N3CCCC3)cc2)nc1. The van der Waals surface area contributed by atoms with Gasteiger partial charge < -0.3 is 20.4 Å². The first-order chi connectivity index (χ1) is 13.1. The fourth-order valence-electron chi connectivity index (χ4n) is 3.07. The number of rotatable bonds is 8. The molecule has 1 aromatic heterocycles. The van der Waals surface area contributed by atoms with Crippen LogP contribution in [-0.4, -0.2) is 61.0 Å². The van der Waals surface area contributed by atoms with Crippen molar-refractivity contribution in [3.8, 4) is 0 Å². The van der Waals surface area contributed by atoms with E-state index in [2.05, 4.69) is 42.5 Å². The fraction of sp³-hybridized carbons (Fsp3) is 0.450. The fourth-order valence-corrected chi connectivity index (χ4v) is 3.07. The molecule has 0 atom stereocenters. The van der Waals surface area contributed by atoms with E-state index in [9.17, 15) is 4.79 Å². The van der Waals surface area contributed by atoms with Crippen LogP contribution in [0.2, 0.25) is 0 Å². The lowest BCUT2D eigenvalue weighted by atomic mass is 10.2. The molecule has 0 saturated carbocycles. The van der Waals surface area contributed by atoms with Crippen molar-refractivity contribution in [2.24, 2.45) is 0 Å². The second-order valence-electron chi connectivity index (χ2n) is 7.07. The van der Waals surface area contributed by atoms with Gasteiger partial charge in [-0.25, -0.2) is 9.97 Å². The van der Waals surface area contributed by atoms with Crippen LogP contribution in [-0.2, 0) is 0 Å². The zero-order valence-corrected chi connectivity index (χ0v) is 16.1. The summed E-state index contributed by atoms with van der Waals surface area (Å²) in [5.74, 6) is 0.336. The molecule has 1 aromatic carbocycles. The van der Waals surface area contributed by atoms with Crippen molar-refractivity contribution in [3.05, 3.63) is 42.2 Å². The van der Waals surface area contributed by atoms with Crippen molar-refractivity contribution < 1.29 is 4.79 Å². The van der Waals surface area contributed by atoms with Gasteiger partial charge in [0.1, 0.15) is 0 Å². The molecule has 1 amide bonds. The van der Waals surface area contributed by atoms with Gasteiger partial charge in [0.25, 0.3) is 5.91 Å². The molecule has 0 spiro atoms. The first-order valence-corrected chi connectivity index (χ1v) is 9.49. The molecule has 2 N–H and O–H groups in total. The number of aromatic nitrogens is 2. The third-order valence-corrected chi connectivity index (χ3v) is 4.58. The van der Waals surface area contributed by atoms with E-state index in [1.165, 1.54) is 18.5 Å². The van der Waals surface area contributed by atoms with Gasteiger partial charge in [-0.2, -0.15) is 0 Å². The minimum atomic E-state index is -0.143. The van der Waals surface area contributed by atoms with E-state index >= 15 is 0 Å². The molecule has 3 rings (SSSR count). The van der Waals surface area contributed by atoms with Crippen LogP contribution >= 0.6 is 0 Å². The van der Waals surface area contributed by atoms with E-state index in [1.807, 2.05) is 26.2 Å². The van der Waals surface area contributed by atoms with E-state index in [-0.39, 0.29) is 5.91 Å². The number of benzene rings is 1. The van der Waals surface area contributed by atoms with E-state index in [0.717, 1.165) is 31.7 Å². The topological polar surface area (TPSA) is 73.4 Å². The lowest BCUT2D eigenvalue weighted by Crippen LogP contribution is -2.27. The molecule has 27 heavy (non-hydrogen) atoms. The first-order valence-electron chi connectivity index (χ1n) is 9.49. The number of nitrogens with one attached hydrogen (secondary N) is 2. The van der Waals surface area contributed by atoms with Crippen molar-refractivity contribution >= 4 is 23.2 Å². The highest BCUT2D eigenvalue weighted by Gasteiger charge is 2.12. The van der Waals surface area contributed by atoms with Gasteiger partial charge in [0, 0.05) is 43.4 Å². The summed E-state index contributed by atoms with van der Waals surface area (Å²) in [4.78, 5) is 25.1. The number of nitrogens with zero attached hydrogens (tertiary/aromatic N) is 4. The molecular formula is C20H28N6O. The maximum Gasteiger partial charge on any atom is 0.254 e. The Labute approximate surface area is 160 Å². The summed E-state index contributed by atoms with van der Waals surface area (Å²) < 4.78 is 0. The minimum Gasteiger partial charge on any atom is -0.372 e. The van der Waals surface area contributed by atoms with Crippen molar-refractivity contribution in [1.82, 2.24) is 20.2 Å². The van der Waals surface area contributed by atoms with Gasteiger partial charge in [0.15, 0.2) is 0 Å². The summed E-state index contributed by atoms with van der Waals surface area (Å²) in [6.45, 7) is 3.85. The normalized spacial score (nSPS) is 13.8. The number of hydrogen-bond acceptors (Lipinski definition) is 6. The Morgan fingerprint density at radius 2 is 1.78 bits per heavy atom. The van der Waals surface area contributed by atoms with Crippen LogP contribution in [0.15, 0.2) is 36.7 Å². The first kappa shape index (κ1) is 19.1. The molecule has 1 aliphatic rings. The lowest BCUT2D eigenvalue weighted by Gasteiger charge is -2.17. The van der Waals surface area contributed by atoms with Crippen molar-refractivity contribution in [2.75, 3.05) is 50.5 Å². The van der Waals surface area contributed by atoms with Crippen LogP contribution in [0.1, 0.15) is 29.6 Å². The number of anilines is 3. The average molecular weight is 368 g/mol. The Kier molecular flexibility index (Phi) is 6.59. The predicted molar refractivity (Wildman–Crippen MR) is 109 cm³/mol. The van der Waals surface area contributed by atoms with E-state index in [1.54, 1.807) is 12.4 Å². The minimum absolute atomic E-state index is 0.143. The van der Waals surface area contributed by atoms with Crippen LogP contribution in [0.3, 0.4) is 0 Å². The number of hydrogen-bond donors (Lipinski definition) is 2. The second-order valence-corrected chi connectivity index (χ2v) is 7.07. The Morgan fingerprint density at radius 1 is 1.11 bits per heavy atom. The van der Waals surface area contributed by atoms with Gasteiger partial charge in [0.2, 0.25) is 5.95 Å². The average Bonchev–Trinajstić information content (AvgIpc) is 3.21. The highest BCUT2D eigenvalue weighted by Crippen LogP contribution is 2.23. The van der Waals surface area contributed by atoms with Crippen LogP contribution in [0.25, 0.3) is 0 Å². The molecule has 1 saturated heterocycles. The highest BCUT2D eigenvalue weighted by atomic mass is 16.1. The molecule has 0 aliphatic carbocycles. The molecule has 2 heterocycles. The summed E-state index contributed by atoms with van der Waals surface area (Å²) in [6, 6.07) is 8.29. The van der Waals surface area contributed by atoms with Gasteiger partial charge in [-0.1, -0.05) is 0 Å². The van der Waals surface area contributed by atoms with Crippen LogP contribution in [0.4, 0.5) is 17.3 Å². The number of carbonyl (C=O) groups excluding carboxylic acids is 1.